The van der Waals surface area contributed by atoms with Crippen LogP contribution in [0.5, 0.6) is 0 Å². The highest BCUT2D eigenvalue weighted by molar-refractivity contribution is 7.89. The number of aliphatic hydroxyl groups excluding tert-OH is 1. The number of halogens is 1. The molecule has 0 saturated heterocycles. The number of hydrogen-bond donors (Lipinski definition) is 2. The molecule has 0 radical (unpaired) electrons. The molecule has 2 rings (SSSR count). The zero-order valence-electron chi connectivity index (χ0n) is 10.4. The summed E-state index contributed by atoms with van der Waals surface area (Å²) in [5.41, 5.74) is 0. The Bertz CT molecular complexity index is 518. The van der Waals surface area contributed by atoms with Crippen LogP contribution in [0.2, 0.25) is 5.15 Å². The van der Waals surface area contributed by atoms with Gasteiger partial charge < -0.3 is 5.11 Å². The minimum Gasteiger partial charge on any atom is -0.391 e. The molecule has 2 N–H and O–H groups in total. The molecule has 1 aromatic heterocycles. The van der Waals surface area contributed by atoms with E-state index in [1.165, 1.54) is 18.3 Å². The van der Waals surface area contributed by atoms with E-state index in [-0.39, 0.29) is 10.0 Å². The van der Waals surface area contributed by atoms with Gasteiger partial charge in [0, 0.05) is 12.2 Å². The molecule has 7 heteroatoms. The Kier molecular flexibility index (Phi) is 4.78. The van der Waals surface area contributed by atoms with Gasteiger partial charge in [-0.1, -0.05) is 30.9 Å². The molecule has 1 fully saturated rings. The van der Waals surface area contributed by atoms with Crippen LogP contribution >= 0.6 is 11.6 Å². The zero-order chi connectivity index (χ0) is 13.9. The molecule has 106 valence electrons. The van der Waals surface area contributed by atoms with Crippen LogP contribution < -0.4 is 4.72 Å². The van der Waals surface area contributed by atoms with E-state index in [1.54, 1.807) is 0 Å². The molecule has 1 aliphatic rings. The smallest absolute Gasteiger partial charge is 0.242 e. The number of aromatic nitrogens is 1. The van der Waals surface area contributed by atoms with Crippen molar-refractivity contribution in [1.29, 1.82) is 0 Å². The van der Waals surface area contributed by atoms with Crippen molar-refractivity contribution in [3.8, 4) is 0 Å². The minimum absolute atomic E-state index is 0.0633. The minimum atomic E-state index is -3.66. The van der Waals surface area contributed by atoms with Crippen molar-refractivity contribution >= 4 is 21.6 Å². The van der Waals surface area contributed by atoms with E-state index in [0.29, 0.717) is 12.8 Å². The fourth-order valence-corrected chi connectivity index (χ4v) is 3.57. The van der Waals surface area contributed by atoms with Gasteiger partial charge in [-0.3, -0.25) is 0 Å². The van der Waals surface area contributed by atoms with Crippen molar-refractivity contribution in [3.05, 3.63) is 23.5 Å². The Labute approximate surface area is 118 Å². The summed E-state index contributed by atoms with van der Waals surface area (Å²) >= 11 is 5.63. The number of aliphatic hydroxyl groups is 1. The van der Waals surface area contributed by atoms with E-state index < -0.39 is 22.2 Å². The summed E-state index contributed by atoms with van der Waals surface area (Å²) < 4.78 is 26.9. The fraction of sp³-hybridized carbons (Fsp3) is 0.583. The number of hydrogen-bond acceptors (Lipinski definition) is 4. The Morgan fingerprint density at radius 1 is 1.26 bits per heavy atom. The van der Waals surface area contributed by atoms with Crippen molar-refractivity contribution in [1.82, 2.24) is 9.71 Å². The van der Waals surface area contributed by atoms with Crippen LogP contribution in [0.1, 0.15) is 32.1 Å². The van der Waals surface area contributed by atoms with Gasteiger partial charge in [-0.05, 0) is 25.0 Å². The van der Waals surface area contributed by atoms with E-state index in [1.807, 2.05) is 0 Å². The molecule has 0 spiro atoms. The van der Waals surface area contributed by atoms with Gasteiger partial charge in [-0.15, -0.1) is 0 Å². The van der Waals surface area contributed by atoms with Crippen LogP contribution in [0.4, 0.5) is 0 Å². The molecular weight excluding hydrogens is 288 g/mol. The van der Waals surface area contributed by atoms with Crippen LogP contribution in [0.3, 0.4) is 0 Å². The van der Waals surface area contributed by atoms with Crippen molar-refractivity contribution in [3.63, 3.8) is 0 Å². The molecule has 2 atom stereocenters. The first-order valence-corrected chi connectivity index (χ1v) is 8.17. The number of sulfonamides is 1. The first-order chi connectivity index (χ1) is 8.99. The fourth-order valence-electron chi connectivity index (χ4n) is 2.21. The second kappa shape index (κ2) is 6.17. The normalized spacial score (nSPS) is 24.9. The Morgan fingerprint density at radius 3 is 2.68 bits per heavy atom. The van der Waals surface area contributed by atoms with Gasteiger partial charge >= 0.3 is 0 Å². The van der Waals surface area contributed by atoms with Crippen LogP contribution in [0.25, 0.3) is 0 Å². The van der Waals surface area contributed by atoms with Gasteiger partial charge in [0.2, 0.25) is 10.0 Å². The van der Waals surface area contributed by atoms with E-state index in [4.69, 9.17) is 11.6 Å². The quantitative estimate of drug-likeness (QED) is 0.658. The number of rotatable bonds is 3. The number of pyridine rings is 1. The van der Waals surface area contributed by atoms with Gasteiger partial charge in [-0.25, -0.2) is 18.1 Å². The van der Waals surface area contributed by atoms with Crippen molar-refractivity contribution in [2.24, 2.45) is 0 Å². The Balaban J connectivity index is 2.13. The molecule has 0 amide bonds. The number of nitrogens with one attached hydrogen (secondary N) is 1. The van der Waals surface area contributed by atoms with Crippen LogP contribution in [-0.2, 0) is 10.0 Å². The third kappa shape index (κ3) is 3.89. The zero-order valence-corrected chi connectivity index (χ0v) is 12.0. The van der Waals surface area contributed by atoms with Gasteiger partial charge in [0.1, 0.15) is 10.0 Å². The summed E-state index contributed by atoms with van der Waals surface area (Å²) in [5.74, 6) is 0. The maximum absolute atomic E-state index is 12.2. The highest BCUT2D eigenvalue weighted by Crippen LogP contribution is 2.20. The molecule has 1 aromatic rings. The van der Waals surface area contributed by atoms with Gasteiger partial charge in [0.15, 0.2) is 0 Å². The molecule has 2 unspecified atom stereocenters. The molecule has 1 heterocycles. The van der Waals surface area contributed by atoms with E-state index in [0.717, 1.165) is 19.3 Å². The standard InChI is InChI=1S/C12H17ClN2O3S/c13-12-7-6-9(8-14-12)19(17,18)15-10-4-2-1-3-5-11(10)16/h6-8,10-11,15-16H,1-5H2. The summed E-state index contributed by atoms with van der Waals surface area (Å²) in [6.45, 7) is 0. The second-order valence-corrected chi connectivity index (χ2v) is 6.85. The van der Waals surface area contributed by atoms with E-state index in [2.05, 4.69) is 9.71 Å². The lowest BCUT2D eigenvalue weighted by Crippen LogP contribution is -2.42. The van der Waals surface area contributed by atoms with Gasteiger partial charge in [-0.2, -0.15) is 0 Å². The molecule has 0 bridgehead atoms. The van der Waals surface area contributed by atoms with Crippen LogP contribution in [0, 0.1) is 0 Å². The average molecular weight is 305 g/mol. The predicted octanol–water partition coefficient (Wildman–Crippen LogP) is 1.71. The molecule has 1 aliphatic carbocycles. The highest BCUT2D eigenvalue weighted by atomic mass is 35.5. The Hall–Kier alpha value is -0.690. The molecule has 0 aromatic carbocycles. The third-order valence-electron chi connectivity index (χ3n) is 3.30. The molecule has 0 aliphatic heterocycles. The summed E-state index contributed by atoms with van der Waals surface area (Å²) in [5, 5.41) is 10.2. The predicted molar refractivity (Wildman–Crippen MR) is 72.4 cm³/mol. The van der Waals surface area contributed by atoms with Crippen molar-refractivity contribution in [2.45, 2.75) is 49.1 Å². The molecular formula is C12H17ClN2O3S. The first-order valence-electron chi connectivity index (χ1n) is 6.31. The summed E-state index contributed by atoms with van der Waals surface area (Å²) in [6, 6.07) is 2.41. The lowest BCUT2D eigenvalue weighted by molar-refractivity contribution is 0.130. The topological polar surface area (TPSA) is 79.3 Å². The maximum Gasteiger partial charge on any atom is 0.242 e. The maximum atomic E-state index is 12.2. The molecule has 19 heavy (non-hydrogen) atoms. The first kappa shape index (κ1) is 14.7. The van der Waals surface area contributed by atoms with E-state index >= 15 is 0 Å². The van der Waals surface area contributed by atoms with Crippen molar-refractivity contribution < 1.29 is 13.5 Å². The second-order valence-electron chi connectivity index (χ2n) is 4.75. The monoisotopic (exact) mass is 304 g/mol. The average Bonchev–Trinajstić information content (AvgIpc) is 2.55. The lowest BCUT2D eigenvalue weighted by Gasteiger charge is -2.21. The summed E-state index contributed by atoms with van der Waals surface area (Å²) in [7, 11) is -3.66. The SMILES string of the molecule is O=S(=O)(NC1CCCCCC1O)c1ccc(Cl)nc1. The summed E-state index contributed by atoms with van der Waals surface area (Å²) in [6.07, 6.45) is 4.75. The summed E-state index contributed by atoms with van der Waals surface area (Å²) in [4.78, 5) is 3.82. The molecule has 5 nitrogen and oxygen atoms in total. The van der Waals surface area contributed by atoms with Crippen molar-refractivity contribution in [2.75, 3.05) is 0 Å². The van der Waals surface area contributed by atoms with Gasteiger partial charge in [0.25, 0.3) is 0 Å². The Morgan fingerprint density at radius 2 is 2.00 bits per heavy atom. The lowest BCUT2D eigenvalue weighted by atomic mass is 10.1. The molecule has 1 saturated carbocycles. The number of nitrogens with zero attached hydrogens (tertiary/aromatic N) is 1. The van der Waals surface area contributed by atoms with Crippen LogP contribution in [0.15, 0.2) is 23.2 Å². The highest BCUT2D eigenvalue weighted by Gasteiger charge is 2.27. The third-order valence-corrected chi connectivity index (χ3v) is 5.00. The largest absolute Gasteiger partial charge is 0.391 e. The van der Waals surface area contributed by atoms with Crippen LogP contribution in [-0.4, -0.2) is 30.7 Å². The van der Waals surface area contributed by atoms with E-state index in [9.17, 15) is 13.5 Å². The van der Waals surface area contributed by atoms with Gasteiger partial charge in [0.05, 0.1) is 6.10 Å².